The van der Waals surface area contributed by atoms with Gasteiger partial charge in [-0.25, -0.2) is 0 Å². The van der Waals surface area contributed by atoms with Gasteiger partial charge in [0.25, 0.3) is 5.91 Å². The number of rotatable bonds is 5. The smallest absolute Gasteiger partial charge is 0.251 e. The van der Waals surface area contributed by atoms with Crippen molar-refractivity contribution in [3.63, 3.8) is 0 Å². The fourth-order valence-electron chi connectivity index (χ4n) is 3.92. The molecule has 1 heterocycles. The number of nitrogens with one attached hydrogen (secondary N) is 1. The highest BCUT2D eigenvalue weighted by atomic mass is 35.5. The number of carbonyl (C=O) groups excluding carboxylic acids is 1. The molecule has 3 nitrogen and oxygen atoms in total. The molecular formula is C24H25ClN2O. The highest BCUT2D eigenvalue weighted by molar-refractivity contribution is 6.36. The summed E-state index contributed by atoms with van der Waals surface area (Å²) in [5, 5.41) is 4.86. The predicted octanol–water partition coefficient (Wildman–Crippen LogP) is 5.52. The van der Waals surface area contributed by atoms with Gasteiger partial charge in [0.2, 0.25) is 0 Å². The van der Waals surface area contributed by atoms with Gasteiger partial charge in [-0.15, -0.1) is 0 Å². The van der Waals surface area contributed by atoms with Crippen LogP contribution < -0.4 is 5.32 Å². The van der Waals surface area contributed by atoms with E-state index >= 15 is 0 Å². The van der Waals surface area contributed by atoms with Gasteiger partial charge in [-0.3, -0.25) is 9.78 Å². The monoisotopic (exact) mass is 392 g/mol. The topological polar surface area (TPSA) is 42.0 Å². The summed E-state index contributed by atoms with van der Waals surface area (Å²) in [6.07, 6.45) is 6.14. The molecule has 1 N–H and O–H groups in total. The highest BCUT2D eigenvalue weighted by Gasteiger charge is 2.18. The largest absolute Gasteiger partial charge is 0.350 e. The van der Waals surface area contributed by atoms with Gasteiger partial charge in [-0.2, -0.15) is 0 Å². The molecule has 1 atom stereocenters. The van der Waals surface area contributed by atoms with Gasteiger partial charge >= 0.3 is 0 Å². The maximum absolute atomic E-state index is 12.7. The molecule has 0 bridgehead atoms. The number of benzene rings is 2. The van der Waals surface area contributed by atoms with Crippen molar-refractivity contribution in [2.45, 2.75) is 51.5 Å². The molecule has 4 heteroatoms. The SMILES string of the molecule is C[C@@H](CCc1ccccc1)NC(=O)c1ccc2c(Cl)c3c(nc2c1)CCCC3. The average Bonchev–Trinajstić information content (AvgIpc) is 2.73. The summed E-state index contributed by atoms with van der Waals surface area (Å²) >= 11 is 6.63. The van der Waals surface area contributed by atoms with Gasteiger partial charge in [0, 0.05) is 22.7 Å². The normalized spacial score (nSPS) is 14.5. The minimum Gasteiger partial charge on any atom is -0.350 e. The Morgan fingerprint density at radius 3 is 2.75 bits per heavy atom. The van der Waals surface area contributed by atoms with Crippen LogP contribution in [0, 0.1) is 0 Å². The second-order valence-corrected chi connectivity index (χ2v) is 8.07. The number of hydrogen-bond donors (Lipinski definition) is 1. The Bertz CT molecular complexity index is 1000. The van der Waals surface area contributed by atoms with Crippen molar-refractivity contribution < 1.29 is 4.79 Å². The van der Waals surface area contributed by atoms with Crippen LogP contribution in [0.3, 0.4) is 0 Å². The average molecular weight is 393 g/mol. The van der Waals surface area contributed by atoms with Crippen molar-refractivity contribution in [3.05, 3.63) is 75.9 Å². The zero-order valence-electron chi connectivity index (χ0n) is 16.2. The molecule has 0 aliphatic heterocycles. The lowest BCUT2D eigenvalue weighted by molar-refractivity contribution is 0.0938. The number of aromatic nitrogens is 1. The molecule has 0 unspecified atom stereocenters. The minimum atomic E-state index is -0.0573. The number of pyridine rings is 1. The first kappa shape index (κ1) is 18.9. The Hall–Kier alpha value is -2.39. The Kier molecular flexibility index (Phi) is 5.63. The predicted molar refractivity (Wildman–Crippen MR) is 115 cm³/mol. The van der Waals surface area contributed by atoms with E-state index in [1.165, 1.54) is 17.5 Å². The van der Waals surface area contributed by atoms with E-state index in [4.69, 9.17) is 16.6 Å². The Morgan fingerprint density at radius 1 is 1.14 bits per heavy atom. The molecule has 144 valence electrons. The van der Waals surface area contributed by atoms with Gasteiger partial charge in [0.05, 0.1) is 10.5 Å². The van der Waals surface area contributed by atoms with Gasteiger partial charge in [-0.1, -0.05) is 48.0 Å². The van der Waals surface area contributed by atoms with E-state index in [0.29, 0.717) is 5.56 Å². The summed E-state index contributed by atoms with van der Waals surface area (Å²) in [7, 11) is 0. The van der Waals surface area contributed by atoms with Crippen molar-refractivity contribution in [1.82, 2.24) is 10.3 Å². The molecule has 28 heavy (non-hydrogen) atoms. The number of aryl methyl sites for hydroxylation is 2. The van der Waals surface area contributed by atoms with Gasteiger partial charge in [-0.05, 0) is 68.7 Å². The molecule has 4 rings (SSSR count). The molecule has 0 saturated heterocycles. The maximum Gasteiger partial charge on any atom is 0.251 e. The van der Waals surface area contributed by atoms with E-state index in [0.717, 1.165) is 53.7 Å². The lowest BCUT2D eigenvalue weighted by atomic mass is 9.94. The molecule has 1 aliphatic carbocycles. The molecular weight excluding hydrogens is 368 g/mol. The summed E-state index contributed by atoms with van der Waals surface area (Å²) in [4.78, 5) is 17.5. The standard InChI is InChI=1S/C24H25ClN2O/c1-16(11-12-17-7-3-2-4-8-17)26-24(28)18-13-14-20-22(15-18)27-21-10-6-5-9-19(21)23(20)25/h2-4,7-8,13-16H,5-6,9-12H2,1H3,(H,26,28)/t16-/m0/s1. The molecule has 2 aromatic carbocycles. The zero-order chi connectivity index (χ0) is 19.5. The van der Waals surface area contributed by atoms with E-state index in [1.54, 1.807) is 0 Å². The van der Waals surface area contributed by atoms with Crippen LogP contribution in [0.4, 0.5) is 0 Å². The molecule has 0 radical (unpaired) electrons. The second kappa shape index (κ2) is 8.32. The van der Waals surface area contributed by atoms with Crippen LogP contribution in [-0.4, -0.2) is 16.9 Å². The van der Waals surface area contributed by atoms with Crippen LogP contribution >= 0.6 is 11.6 Å². The third kappa shape index (κ3) is 4.05. The van der Waals surface area contributed by atoms with Crippen molar-refractivity contribution in [3.8, 4) is 0 Å². The molecule has 0 saturated carbocycles. The number of halogens is 1. The van der Waals surface area contributed by atoms with E-state index < -0.39 is 0 Å². The van der Waals surface area contributed by atoms with E-state index in [-0.39, 0.29) is 11.9 Å². The zero-order valence-corrected chi connectivity index (χ0v) is 16.9. The van der Waals surface area contributed by atoms with Gasteiger partial charge in [0.15, 0.2) is 0 Å². The third-order valence-corrected chi connectivity index (χ3v) is 5.97. The molecule has 0 fully saturated rings. The summed E-state index contributed by atoms with van der Waals surface area (Å²) in [5.74, 6) is -0.0573. The molecule has 1 amide bonds. The van der Waals surface area contributed by atoms with E-state index in [9.17, 15) is 4.79 Å². The number of nitrogens with zero attached hydrogens (tertiary/aromatic N) is 1. The maximum atomic E-state index is 12.7. The number of amides is 1. The van der Waals surface area contributed by atoms with Crippen molar-refractivity contribution in [2.24, 2.45) is 0 Å². The molecule has 0 spiro atoms. The first-order valence-electron chi connectivity index (χ1n) is 10.1. The fraction of sp³-hybridized carbons (Fsp3) is 0.333. The van der Waals surface area contributed by atoms with Crippen molar-refractivity contribution in [2.75, 3.05) is 0 Å². The van der Waals surface area contributed by atoms with Gasteiger partial charge < -0.3 is 5.32 Å². The van der Waals surface area contributed by atoms with Crippen LogP contribution in [0.2, 0.25) is 5.02 Å². The molecule has 1 aliphatic rings. The lowest BCUT2D eigenvalue weighted by Gasteiger charge is -2.18. The summed E-state index contributed by atoms with van der Waals surface area (Å²) in [6.45, 7) is 2.05. The van der Waals surface area contributed by atoms with Crippen molar-refractivity contribution in [1.29, 1.82) is 0 Å². The van der Waals surface area contributed by atoms with E-state index in [1.807, 2.05) is 43.3 Å². The minimum absolute atomic E-state index is 0.0573. The Balaban J connectivity index is 1.48. The number of carbonyl (C=O) groups is 1. The summed E-state index contributed by atoms with van der Waals surface area (Å²) in [5.41, 5.74) is 5.02. The quantitative estimate of drug-likeness (QED) is 0.621. The fourth-order valence-corrected chi connectivity index (χ4v) is 4.28. The first-order chi connectivity index (χ1) is 13.6. The number of fused-ring (bicyclic) bond motifs is 2. The van der Waals surface area contributed by atoms with E-state index in [2.05, 4.69) is 17.4 Å². The van der Waals surface area contributed by atoms with Crippen LogP contribution in [0.25, 0.3) is 10.9 Å². The molecule has 3 aromatic rings. The van der Waals surface area contributed by atoms with Gasteiger partial charge in [0.1, 0.15) is 0 Å². The van der Waals surface area contributed by atoms with Crippen LogP contribution in [0.1, 0.15) is 53.4 Å². The van der Waals surface area contributed by atoms with Crippen LogP contribution in [0.15, 0.2) is 48.5 Å². The second-order valence-electron chi connectivity index (χ2n) is 7.69. The third-order valence-electron chi connectivity index (χ3n) is 5.54. The summed E-state index contributed by atoms with van der Waals surface area (Å²) < 4.78 is 0. The van der Waals surface area contributed by atoms with Crippen LogP contribution in [-0.2, 0) is 19.3 Å². The Labute approximate surface area is 171 Å². The highest BCUT2D eigenvalue weighted by Crippen LogP contribution is 2.33. The Morgan fingerprint density at radius 2 is 1.93 bits per heavy atom. The number of hydrogen-bond acceptors (Lipinski definition) is 2. The van der Waals surface area contributed by atoms with Crippen molar-refractivity contribution >= 4 is 28.4 Å². The first-order valence-corrected chi connectivity index (χ1v) is 10.5. The lowest BCUT2D eigenvalue weighted by Crippen LogP contribution is -2.32. The summed E-state index contributed by atoms with van der Waals surface area (Å²) in [6, 6.07) is 16.1. The molecule has 1 aromatic heterocycles. The van der Waals surface area contributed by atoms with Crippen LogP contribution in [0.5, 0.6) is 0 Å².